The molecule has 0 aliphatic carbocycles. The molecule has 1 unspecified atom stereocenters. The number of hydrogen-bond acceptors (Lipinski definition) is 5. The minimum absolute atomic E-state index is 0.159. The summed E-state index contributed by atoms with van der Waals surface area (Å²) < 4.78 is 16.9. The number of rotatable bonds is 13. The summed E-state index contributed by atoms with van der Waals surface area (Å²) in [4.78, 5) is 12.3. The number of unbranched alkanes of at least 4 members (excludes halogenated alkanes) is 8. The zero-order chi connectivity index (χ0) is 23.5. The molecule has 0 spiro atoms. The number of methoxy groups -OCH3 is 1. The summed E-state index contributed by atoms with van der Waals surface area (Å²) in [6, 6.07) is 10.8. The molecule has 0 fully saturated rings. The number of phenols is 1. The van der Waals surface area contributed by atoms with E-state index in [2.05, 4.69) is 6.92 Å². The van der Waals surface area contributed by atoms with Crippen LogP contribution in [-0.4, -0.2) is 18.2 Å². The molecule has 3 rings (SSSR count). The lowest BCUT2D eigenvalue weighted by Gasteiger charge is -2.27. The van der Waals surface area contributed by atoms with E-state index in [4.69, 9.17) is 14.2 Å². The molecule has 1 N–H and O–H groups in total. The van der Waals surface area contributed by atoms with Gasteiger partial charge in [0.1, 0.15) is 29.1 Å². The van der Waals surface area contributed by atoms with Crippen LogP contribution in [0.5, 0.6) is 23.0 Å². The van der Waals surface area contributed by atoms with Gasteiger partial charge in [0.2, 0.25) is 0 Å². The molecule has 0 amide bonds. The molecule has 0 radical (unpaired) electrons. The average Bonchev–Trinajstić information content (AvgIpc) is 2.82. The first-order chi connectivity index (χ1) is 16.1. The van der Waals surface area contributed by atoms with Crippen molar-refractivity contribution >= 4 is 5.97 Å². The second-order valence-corrected chi connectivity index (χ2v) is 8.89. The Hall–Kier alpha value is -2.69. The lowest BCUT2D eigenvalue weighted by atomic mass is 9.96. The van der Waals surface area contributed by atoms with Crippen molar-refractivity contribution in [1.82, 2.24) is 0 Å². The van der Waals surface area contributed by atoms with Crippen molar-refractivity contribution in [2.24, 2.45) is 0 Å². The van der Waals surface area contributed by atoms with Crippen molar-refractivity contribution in [3.63, 3.8) is 0 Å². The highest BCUT2D eigenvalue weighted by Gasteiger charge is 2.24. The van der Waals surface area contributed by atoms with E-state index < -0.39 is 0 Å². The smallest absolute Gasteiger partial charge is 0.311 e. The van der Waals surface area contributed by atoms with Gasteiger partial charge in [0, 0.05) is 24.1 Å². The van der Waals surface area contributed by atoms with Gasteiger partial charge in [0.15, 0.2) is 0 Å². The molecule has 180 valence electrons. The molecule has 1 heterocycles. The fourth-order valence-corrected chi connectivity index (χ4v) is 4.32. The Kier molecular flexibility index (Phi) is 9.92. The molecule has 1 aliphatic rings. The summed E-state index contributed by atoms with van der Waals surface area (Å²) in [6.45, 7) is 2.24. The van der Waals surface area contributed by atoms with Crippen molar-refractivity contribution in [3.05, 3.63) is 47.5 Å². The first-order valence-electron chi connectivity index (χ1n) is 12.5. The molecular weight excluding hydrogens is 416 g/mol. The molecule has 5 nitrogen and oxygen atoms in total. The average molecular weight is 455 g/mol. The summed E-state index contributed by atoms with van der Waals surface area (Å²) in [7, 11) is 1.57. The van der Waals surface area contributed by atoms with Gasteiger partial charge in [-0.15, -0.1) is 0 Å². The van der Waals surface area contributed by atoms with Crippen LogP contribution in [0.2, 0.25) is 0 Å². The van der Waals surface area contributed by atoms with Gasteiger partial charge in [-0.3, -0.25) is 4.79 Å². The van der Waals surface area contributed by atoms with Crippen molar-refractivity contribution in [1.29, 1.82) is 0 Å². The highest BCUT2D eigenvalue weighted by atomic mass is 16.5. The SMILES string of the molecule is CCCCCCCCCCCC(=O)Oc1ccc2c(c1)OC(c1ccc(OC)cc1O)CC2. The minimum atomic E-state index is -0.253. The van der Waals surface area contributed by atoms with E-state index in [-0.39, 0.29) is 17.8 Å². The van der Waals surface area contributed by atoms with Crippen LogP contribution in [-0.2, 0) is 11.2 Å². The first-order valence-corrected chi connectivity index (χ1v) is 12.5. The molecular formula is C28H38O5. The van der Waals surface area contributed by atoms with Crippen LogP contribution in [0.4, 0.5) is 0 Å². The number of esters is 1. The Morgan fingerprint density at radius 2 is 1.67 bits per heavy atom. The minimum Gasteiger partial charge on any atom is -0.507 e. The van der Waals surface area contributed by atoms with Gasteiger partial charge < -0.3 is 19.3 Å². The Balaban J connectivity index is 1.44. The molecule has 0 bridgehead atoms. The number of carbonyl (C=O) groups excluding carboxylic acids is 1. The van der Waals surface area contributed by atoms with Crippen molar-refractivity contribution in [2.75, 3.05) is 7.11 Å². The number of benzene rings is 2. The van der Waals surface area contributed by atoms with Crippen molar-refractivity contribution < 1.29 is 24.1 Å². The lowest BCUT2D eigenvalue weighted by molar-refractivity contribution is -0.134. The second kappa shape index (κ2) is 13.1. The maximum Gasteiger partial charge on any atom is 0.311 e. The van der Waals surface area contributed by atoms with E-state index in [1.165, 1.54) is 44.9 Å². The topological polar surface area (TPSA) is 65.0 Å². The molecule has 2 aromatic carbocycles. The second-order valence-electron chi connectivity index (χ2n) is 8.89. The summed E-state index contributed by atoms with van der Waals surface area (Å²) in [5, 5.41) is 10.4. The van der Waals surface area contributed by atoms with E-state index in [1.54, 1.807) is 19.2 Å². The summed E-state index contributed by atoms with van der Waals surface area (Å²) in [6.07, 6.45) is 12.8. The molecule has 33 heavy (non-hydrogen) atoms. The molecule has 0 saturated carbocycles. The Morgan fingerprint density at radius 3 is 2.36 bits per heavy atom. The highest BCUT2D eigenvalue weighted by Crippen LogP contribution is 2.40. The monoisotopic (exact) mass is 454 g/mol. The summed E-state index contributed by atoms with van der Waals surface area (Å²) in [5.41, 5.74) is 1.81. The molecule has 1 atom stereocenters. The number of hydrogen-bond donors (Lipinski definition) is 1. The van der Waals surface area contributed by atoms with Crippen LogP contribution in [0.15, 0.2) is 36.4 Å². The van der Waals surface area contributed by atoms with Gasteiger partial charge in [-0.05, 0) is 43.0 Å². The summed E-state index contributed by atoms with van der Waals surface area (Å²) >= 11 is 0. The standard InChI is InChI=1S/C28H38O5/c1-3-4-5-6-7-8-9-10-11-12-28(30)32-23-15-13-21-14-18-26(33-27(21)20-23)24-17-16-22(31-2)19-25(24)29/h13,15-17,19-20,26,29H,3-12,14,18H2,1-2H3. The summed E-state index contributed by atoms with van der Waals surface area (Å²) in [5.74, 6) is 1.78. The zero-order valence-electron chi connectivity index (χ0n) is 20.1. The fraction of sp³-hybridized carbons (Fsp3) is 0.536. The maximum absolute atomic E-state index is 12.3. The molecule has 1 aliphatic heterocycles. The Bertz CT molecular complexity index is 892. The van der Waals surface area contributed by atoms with Gasteiger partial charge >= 0.3 is 5.97 Å². The van der Waals surface area contributed by atoms with E-state index >= 15 is 0 Å². The van der Waals surface area contributed by atoms with E-state index in [9.17, 15) is 9.90 Å². The van der Waals surface area contributed by atoms with Gasteiger partial charge in [0.25, 0.3) is 0 Å². The Morgan fingerprint density at radius 1 is 0.970 bits per heavy atom. The van der Waals surface area contributed by atoms with Crippen LogP contribution in [0, 0.1) is 0 Å². The number of fused-ring (bicyclic) bond motifs is 1. The fourth-order valence-electron chi connectivity index (χ4n) is 4.32. The third-order valence-electron chi connectivity index (χ3n) is 6.28. The van der Waals surface area contributed by atoms with Gasteiger partial charge in [-0.2, -0.15) is 0 Å². The molecule has 0 saturated heterocycles. The number of ether oxygens (including phenoxy) is 3. The lowest BCUT2D eigenvalue weighted by Crippen LogP contribution is -2.16. The normalized spacial score (nSPS) is 14.9. The van der Waals surface area contributed by atoms with Crippen molar-refractivity contribution in [3.8, 4) is 23.0 Å². The van der Waals surface area contributed by atoms with Crippen molar-refractivity contribution in [2.45, 2.75) is 90.1 Å². The number of aromatic hydroxyl groups is 1. The number of aryl methyl sites for hydroxylation is 1. The van der Waals surface area contributed by atoms with E-state index in [0.29, 0.717) is 23.7 Å². The van der Waals surface area contributed by atoms with Crippen LogP contribution in [0.1, 0.15) is 94.8 Å². The number of phenolic OH excluding ortho intramolecular Hbond substituents is 1. The molecule has 2 aromatic rings. The largest absolute Gasteiger partial charge is 0.507 e. The third kappa shape index (κ3) is 7.69. The van der Waals surface area contributed by atoms with Crippen LogP contribution >= 0.6 is 0 Å². The van der Waals surface area contributed by atoms with Crippen LogP contribution in [0.25, 0.3) is 0 Å². The van der Waals surface area contributed by atoms with E-state index in [1.807, 2.05) is 24.3 Å². The molecule has 0 aromatic heterocycles. The highest BCUT2D eigenvalue weighted by molar-refractivity contribution is 5.72. The van der Waals surface area contributed by atoms with Crippen LogP contribution in [0.3, 0.4) is 0 Å². The quantitative estimate of drug-likeness (QED) is 0.195. The maximum atomic E-state index is 12.3. The molecule has 5 heteroatoms. The third-order valence-corrected chi connectivity index (χ3v) is 6.28. The Labute approximate surface area is 198 Å². The zero-order valence-corrected chi connectivity index (χ0v) is 20.1. The van der Waals surface area contributed by atoms with Crippen LogP contribution < -0.4 is 14.2 Å². The first kappa shape index (κ1) is 24.9. The van der Waals surface area contributed by atoms with Gasteiger partial charge in [0.05, 0.1) is 7.11 Å². The van der Waals surface area contributed by atoms with Gasteiger partial charge in [-0.25, -0.2) is 0 Å². The van der Waals surface area contributed by atoms with E-state index in [0.717, 1.165) is 36.8 Å². The predicted octanol–water partition coefficient (Wildman–Crippen LogP) is 7.29. The number of carbonyl (C=O) groups is 1. The van der Waals surface area contributed by atoms with Gasteiger partial charge in [-0.1, -0.05) is 64.4 Å². The predicted molar refractivity (Wildman–Crippen MR) is 130 cm³/mol.